The van der Waals surface area contributed by atoms with Gasteiger partial charge in [-0.1, -0.05) is 13.8 Å². The first-order valence-electron chi connectivity index (χ1n) is 3.82. The van der Waals surface area contributed by atoms with Gasteiger partial charge in [0.25, 0.3) is 0 Å². The van der Waals surface area contributed by atoms with Crippen molar-refractivity contribution in [3.8, 4) is 0 Å². The van der Waals surface area contributed by atoms with Crippen LogP contribution in [0.2, 0.25) is 0 Å². The molecule has 2 heteroatoms. The second-order valence-corrected chi connectivity index (χ2v) is 1.71. The third-order valence-corrected chi connectivity index (χ3v) is 1.16. The van der Waals surface area contributed by atoms with Crippen molar-refractivity contribution in [3.05, 3.63) is 23.8 Å². The van der Waals surface area contributed by atoms with Crippen LogP contribution in [0.5, 0.6) is 0 Å². The monoisotopic (exact) mass is 135 g/mol. The molecule has 10 heavy (non-hydrogen) atoms. The molecule has 0 saturated carbocycles. The van der Waals surface area contributed by atoms with Crippen molar-refractivity contribution in [2.75, 3.05) is 0 Å². The van der Waals surface area contributed by atoms with Crippen LogP contribution >= 0.6 is 0 Å². The van der Waals surface area contributed by atoms with Gasteiger partial charge in [-0.25, -0.2) is 0 Å². The molecule has 0 fully saturated rings. The molecular formula is C8H14BN. The first-order chi connectivity index (χ1) is 4.93. The van der Waals surface area contributed by atoms with Gasteiger partial charge < -0.3 is 0 Å². The SMILES string of the molecule is CC.CCc1cbncc1. The molecular weight excluding hydrogens is 121 g/mol. The van der Waals surface area contributed by atoms with Crippen LogP contribution in [0.15, 0.2) is 18.2 Å². The van der Waals surface area contributed by atoms with Crippen molar-refractivity contribution in [2.45, 2.75) is 27.2 Å². The van der Waals surface area contributed by atoms with Gasteiger partial charge in [0.05, 0.1) is 0 Å². The summed E-state index contributed by atoms with van der Waals surface area (Å²) in [6, 6.07) is 2.03. The maximum absolute atomic E-state index is 3.89. The van der Waals surface area contributed by atoms with E-state index in [1.165, 1.54) is 5.56 Å². The molecule has 0 aliphatic heterocycles. The average Bonchev–Trinajstić information content (AvgIpc) is 2.10. The van der Waals surface area contributed by atoms with Gasteiger partial charge in [-0.3, -0.25) is 0 Å². The van der Waals surface area contributed by atoms with Crippen LogP contribution < -0.4 is 0 Å². The van der Waals surface area contributed by atoms with Gasteiger partial charge in [0, 0.05) is 0 Å². The fourth-order valence-corrected chi connectivity index (χ4v) is 0.618. The standard InChI is InChI=1S/C6H8BN.C2H6/c1-2-6-3-4-8-7-5-6;1-2/h3-5H,2H2,1H3;1-2H3. The quantitative estimate of drug-likeness (QED) is 0.573. The Hall–Kier alpha value is -0.655. The van der Waals surface area contributed by atoms with Crippen molar-refractivity contribution in [1.82, 2.24) is 4.89 Å². The molecule has 1 rings (SSSR count). The minimum absolute atomic E-state index is 1.10. The van der Waals surface area contributed by atoms with Crippen molar-refractivity contribution in [2.24, 2.45) is 0 Å². The van der Waals surface area contributed by atoms with E-state index in [0.717, 1.165) is 6.42 Å². The molecule has 0 spiro atoms. The molecule has 1 aromatic heterocycles. The molecule has 0 aliphatic carbocycles. The summed E-state index contributed by atoms with van der Waals surface area (Å²) in [6.45, 7) is 6.13. The van der Waals surface area contributed by atoms with Crippen molar-refractivity contribution >= 4 is 7.05 Å². The van der Waals surface area contributed by atoms with Crippen LogP contribution in [-0.4, -0.2) is 11.9 Å². The summed E-state index contributed by atoms with van der Waals surface area (Å²) in [5.74, 6) is 2.03. The third-order valence-electron chi connectivity index (χ3n) is 1.16. The number of hydrogen-bond acceptors (Lipinski definition) is 1. The van der Waals surface area contributed by atoms with E-state index in [0.29, 0.717) is 0 Å². The molecule has 0 N–H and O–H groups in total. The summed E-state index contributed by atoms with van der Waals surface area (Å²) in [7, 11) is 1.82. The Labute approximate surface area is 63.7 Å². The van der Waals surface area contributed by atoms with E-state index >= 15 is 0 Å². The van der Waals surface area contributed by atoms with Crippen LogP contribution in [0.3, 0.4) is 0 Å². The molecule has 0 saturated heterocycles. The normalized spacial score (nSPS) is 7.50. The van der Waals surface area contributed by atoms with Gasteiger partial charge in [-0.15, -0.1) is 0 Å². The minimum atomic E-state index is 1.10. The first kappa shape index (κ1) is 9.34. The Bertz CT molecular complexity index is 151. The number of hydrogen-bond donors (Lipinski definition) is 0. The molecule has 1 heterocycles. The van der Waals surface area contributed by atoms with Crippen LogP contribution in [-0.2, 0) is 6.42 Å². The van der Waals surface area contributed by atoms with Gasteiger partial charge in [-0.2, -0.15) is 0 Å². The summed E-state index contributed by atoms with van der Waals surface area (Å²) in [4.78, 5) is 3.89. The fraction of sp³-hybridized carbons (Fsp3) is 0.500. The number of aryl methyl sites for hydroxylation is 1. The van der Waals surface area contributed by atoms with Crippen LogP contribution in [0.25, 0.3) is 0 Å². The molecule has 1 nitrogen and oxygen atoms in total. The predicted molar refractivity (Wildman–Crippen MR) is 46.3 cm³/mol. The van der Waals surface area contributed by atoms with Gasteiger partial charge >= 0.3 is 49.1 Å². The first-order valence-corrected chi connectivity index (χ1v) is 3.82. The molecule has 54 valence electrons. The van der Waals surface area contributed by atoms with Gasteiger partial charge in [0.2, 0.25) is 0 Å². The van der Waals surface area contributed by atoms with E-state index in [-0.39, 0.29) is 0 Å². The molecule has 0 radical (unpaired) electrons. The Morgan fingerprint density at radius 1 is 1.50 bits per heavy atom. The molecule has 0 bridgehead atoms. The number of aromatic nitrogens is 1. The Morgan fingerprint density at radius 2 is 2.20 bits per heavy atom. The average molecular weight is 135 g/mol. The molecule has 0 atom stereocenters. The zero-order chi connectivity index (χ0) is 7.82. The van der Waals surface area contributed by atoms with Crippen molar-refractivity contribution < 1.29 is 0 Å². The van der Waals surface area contributed by atoms with Crippen LogP contribution in [0.1, 0.15) is 26.3 Å². The summed E-state index contributed by atoms with van der Waals surface area (Å²) in [6.07, 6.45) is 2.92. The zero-order valence-electron chi connectivity index (χ0n) is 6.96. The molecule has 0 unspecified atom stereocenters. The topological polar surface area (TPSA) is 12.9 Å². The number of rotatable bonds is 1. The van der Waals surface area contributed by atoms with E-state index < -0.39 is 0 Å². The zero-order valence-corrected chi connectivity index (χ0v) is 6.96. The third kappa shape index (κ3) is 3.39. The number of nitrogens with zero attached hydrogens (tertiary/aromatic N) is 1. The Morgan fingerprint density at radius 3 is 2.50 bits per heavy atom. The predicted octanol–water partition coefficient (Wildman–Crippen LogP) is 2.01. The Kier molecular flexibility index (Phi) is 6.04. The molecule has 0 aliphatic rings. The fourth-order valence-electron chi connectivity index (χ4n) is 0.618. The van der Waals surface area contributed by atoms with E-state index in [1.807, 2.05) is 39.1 Å². The summed E-state index contributed by atoms with van der Waals surface area (Å²) < 4.78 is 0. The van der Waals surface area contributed by atoms with Crippen molar-refractivity contribution in [1.29, 1.82) is 0 Å². The second-order valence-electron chi connectivity index (χ2n) is 1.71. The summed E-state index contributed by atoms with van der Waals surface area (Å²) in [5.41, 5.74) is 1.35. The molecule has 0 aromatic carbocycles. The maximum atomic E-state index is 3.89. The van der Waals surface area contributed by atoms with Crippen LogP contribution in [0, 0.1) is 0 Å². The second kappa shape index (κ2) is 6.46. The van der Waals surface area contributed by atoms with Crippen molar-refractivity contribution in [3.63, 3.8) is 0 Å². The van der Waals surface area contributed by atoms with E-state index in [1.54, 1.807) is 0 Å². The summed E-state index contributed by atoms with van der Waals surface area (Å²) in [5, 5.41) is 0. The van der Waals surface area contributed by atoms with Gasteiger partial charge in [0.15, 0.2) is 0 Å². The van der Waals surface area contributed by atoms with Crippen LogP contribution in [0.4, 0.5) is 0 Å². The molecule has 0 amide bonds. The van der Waals surface area contributed by atoms with E-state index in [2.05, 4.69) is 11.8 Å². The summed E-state index contributed by atoms with van der Waals surface area (Å²) >= 11 is 0. The van der Waals surface area contributed by atoms with E-state index in [9.17, 15) is 0 Å². The Balaban J connectivity index is 0.000000371. The molecule has 1 aromatic rings. The van der Waals surface area contributed by atoms with Gasteiger partial charge in [0.1, 0.15) is 0 Å². The van der Waals surface area contributed by atoms with Gasteiger partial charge in [-0.05, 0) is 0 Å². The van der Waals surface area contributed by atoms with E-state index in [4.69, 9.17) is 0 Å².